The second kappa shape index (κ2) is 6.02. The maximum Gasteiger partial charge on any atom is 0.278 e. The zero-order chi connectivity index (χ0) is 15.5. The summed E-state index contributed by atoms with van der Waals surface area (Å²) in [4.78, 5) is 24.8. The molecule has 1 aromatic carbocycles. The predicted molar refractivity (Wildman–Crippen MR) is 84.2 cm³/mol. The number of fused-ring (bicyclic) bond motifs is 1. The van der Waals surface area contributed by atoms with Gasteiger partial charge in [0.2, 0.25) is 5.13 Å². The molecule has 3 aromatic rings. The van der Waals surface area contributed by atoms with Gasteiger partial charge in [0.1, 0.15) is 5.51 Å². The molecule has 0 fully saturated rings. The first kappa shape index (κ1) is 14.3. The summed E-state index contributed by atoms with van der Waals surface area (Å²) < 4.78 is 1.33. The molecule has 8 heteroatoms. The van der Waals surface area contributed by atoms with Gasteiger partial charge in [0, 0.05) is 11.9 Å². The van der Waals surface area contributed by atoms with Crippen molar-refractivity contribution < 1.29 is 4.79 Å². The minimum Gasteiger partial charge on any atom is -0.295 e. The second-order valence-corrected chi connectivity index (χ2v) is 5.45. The molecule has 3 rings (SSSR count). The highest BCUT2D eigenvalue weighted by atomic mass is 32.1. The van der Waals surface area contributed by atoms with Gasteiger partial charge in [0.15, 0.2) is 5.69 Å². The fourth-order valence-corrected chi connectivity index (χ4v) is 2.59. The lowest BCUT2D eigenvalue weighted by atomic mass is 10.1. The van der Waals surface area contributed by atoms with E-state index in [1.54, 1.807) is 24.3 Å². The Bertz CT molecular complexity index is 873. The first-order valence-electron chi connectivity index (χ1n) is 6.78. The molecule has 2 aromatic heterocycles. The van der Waals surface area contributed by atoms with Crippen LogP contribution in [0.1, 0.15) is 23.8 Å². The molecule has 0 aliphatic heterocycles. The Balaban J connectivity index is 2.13. The molecule has 0 saturated heterocycles. The molecule has 7 nitrogen and oxygen atoms in total. The van der Waals surface area contributed by atoms with Crippen LogP contribution in [0.5, 0.6) is 0 Å². The number of benzene rings is 1. The highest BCUT2D eigenvalue weighted by Crippen LogP contribution is 2.16. The third-order valence-corrected chi connectivity index (χ3v) is 3.71. The summed E-state index contributed by atoms with van der Waals surface area (Å²) in [6.07, 6.45) is 0.753. The number of carbonyl (C=O) groups is 1. The average Bonchev–Trinajstić information content (AvgIpc) is 3.03. The lowest BCUT2D eigenvalue weighted by Gasteiger charge is -2.09. The number of aromatic nitrogens is 4. The number of anilines is 1. The molecule has 112 valence electrons. The van der Waals surface area contributed by atoms with Gasteiger partial charge in [-0.1, -0.05) is 36.5 Å². The van der Waals surface area contributed by atoms with Gasteiger partial charge < -0.3 is 0 Å². The SMILES string of the molecule is CCCn1nc(C(=O)Nc2nncs2)c2ccccc2c1=O. The topological polar surface area (TPSA) is 89.8 Å². The van der Waals surface area contributed by atoms with Crippen molar-refractivity contribution in [2.75, 3.05) is 5.32 Å². The fourth-order valence-electron chi connectivity index (χ4n) is 2.15. The van der Waals surface area contributed by atoms with Gasteiger partial charge in [0.05, 0.1) is 5.39 Å². The van der Waals surface area contributed by atoms with Gasteiger partial charge in [-0.05, 0) is 12.5 Å². The van der Waals surface area contributed by atoms with E-state index in [-0.39, 0.29) is 11.3 Å². The zero-order valence-electron chi connectivity index (χ0n) is 11.8. The molecular weight excluding hydrogens is 302 g/mol. The molecule has 2 heterocycles. The Morgan fingerprint density at radius 3 is 2.77 bits per heavy atom. The molecular formula is C14H13N5O2S. The maximum atomic E-state index is 12.4. The summed E-state index contributed by atoms with van der Waals surface area (Å²) in [5.41, 5.74) is 1.54. The van der Waals surface area contributed by atoms with Crippen LogP contribution in [0.4, 0.5) is 5.13 Å². The summed E-state index contributed by atoms with van der Waals surface area (Å²) in [5.74, 6) is -0.405. The Kier molecular flexibility index (Phi) is 3.92. The smallest absolute Gasteiger partial charge is 0.278 e. The molecule has 0 radical (unpaired) electrons. The molecule has 0 aliphatic carbocycles. The van der Waals surface area contributed by atoms with E-state index in [4.69, 9.17) is 0 Å². The van der Waals surface area contributed by atoms with Crippen molar-refractivity contribution in [2.24, 2.45) is 0 Å². The van der Waals surface area contributed by atoms with Crippen LogP contribution in [-0.4, -0.2) is 25.9 Å². The number of rotatable bonds is 4. The van der Waals surface area contributed by atoms with Crippen molar-refractivity contribution >= 4 is 33.1 Å². The zero-order valence-corrected chi connectivity index (χ0v) is 12.6. The second-order valence-electron chi connectivity index (χ2n) is 4.62. The number of nitrogens with one attached hydrogen (secondary N) is 1. The lowest BCUT2D eigenvalue weighted by Crippen LogP contribution is -2.27. The number of hydrogen-bond donors (Lipinski definition) is 1. The number of aryl methyl sites for hydroxylation is 1. The van der Waals surface area contributed by atoms with Gasteiger partial charge in [-0.3, -0.25) is 14.9 Å². The van der Waals surface area contributed by atoms with Gasteiger partial charge >= 0.3 is 0 Å². The van der Waals surface area contributed by atoms with E-state index >= 15 is 0 Å². The van der Waals surface area contributed by atoms with Crippen LogP contribution in [0, 0.1) is 0 Å². The van der Waals surface area contributed by atoms with E-state index in [1.807, 2.05) is 6.92 Å². The normalized spacial score (nSPS) is 10.8. The van der Waals surface area contributed by atoms with Gasteiger partial charge in [-0.15, -0.1) is 10.2 Å². The summed E-state index contributed by atoms with van der Waals surface area (Å²) in [5, 5.41) is 15.7. The largest absolute Gasteiger partial charge is 0.295 e. The number of hydrogen-bond acceptors (Lipinski definition) is 6. The van der Waals surface area contributed by atoms with E-state index in [9.17, 15) is 9.59 Å². The van der Waals surface area contributed by atoms with Crippen LogP contribution in [0.25, 0.3) is 10.8 Å². The quantitative estimate of drug-likeness (QED) is 0.794. The fraction of sp³-hybridized carbons (Fsp3) is 0.214. The van der Waals surface area contributed by atoms with Crippen molar-refractivity contribution in [3.8, 4) is 0 Å². The van der Waals surface area contributed by atoms with Crippen LogP contribution in [0.15, 0.2) is 34.6 Å². The van der Waals surface area contributed by atoms with Crippen molar-refractivity contribution in [1.82, 2.24) is 20.0 Å². The van der Waals surface area contributed by atoms with Gasteiger partial charge in [-0.25, -0.2) is 4.68 Å². The van der Waals surface area contributed by atoms with Crippen LogP contribution >= 0.6 is 11.3 Å². The number of carbonyl (C=O) groups excluding carboxylic acids is 1. The molecule has 22 heavy (non-hydrogen) atoms. The van der Waals surface area contributed by atoms with Crippen molar-refractivity contribution in [1.29, 1.82) is 0 Å². The third-order valence-electron chi connectivity index (χ3n) is 3.10. The lowest BCUT2D eigenvalue weighted by molar-refractivity contribution is 0.102. The van der Waals surface area contributed by atoms with Crippen molar-refractivity contribution in [2.45, 2.75) is 19.9 Å². The third kappa shape index (κ3) is 2.60. The predicted octanol–water partition coefficient (Wildman–Crippen LogP) is 1.91. The molecule has 1 N–H and O–H groups in total. The van der Waals surface area contributed by atoms with Gasteiger partial charge in [-0.2, -0.15) is 5.10 Å². The minimum absolute atomic E-state index is 0.190. The monoisotopic (exact) mass is 315 g/mol. The molecule has 0 atom stereocenters. The number of nitrogens with zero attached hydrogens (tertiary/aromatic N) is 4. The van der Waals surface area contributed by atoms with E-state index in [1.165, 1.54) is 21.5 Å². The van der Waals surface area contributed by atoms with Crippen LogP contribution in [-0.2, 0) is 6.54 Å². The Hall–Kier alpha value is -2.61. The summed E-state index contributed by atoms with van der Waals surface area (Å²) in [6, 6.07) is 6.96. The van der Waals surface area contributed by atoms with E-state index in [0.717, 1.165) is 6.42 Å². The first-order chi connectivity index (χ1) is 10.7. The standard InChI is InChI=1S/C14H13N5O2S/c1-2-7-19-13(21)10-6-4-3-5-9(10)11(18-19)12(20)16-14-17-15-8-22-14/h3-6,8H,2,7H2,1H3,(H,16,17,20). The minimum atomic E-state index is -0.405. The van der Waals surface area contributed by atoms with Crippen molar-refractivity contribution in [3.05, 3.63) is 45.8 Å². The molecule has 0 unspecified atom stereocenters. The Morgan fingerprint density at radius 1 is 1.32 bits per heavy atom. The number of amides is 1. The maximum absolute atomic E-state index is 12.4. The summed E-state index contributed by atoms with van der Waals surface area (Å²) >= 11 is 1.22. The van der Waals surface area contributed by atoms with Gasteiger partial charge in [0.25, 0.3) is 11.5 Å². The molecule has 0 spiro atoms. The first-order valence-corrected chi connectivity index (χ1v) is 7.66. The average molecular weight is 315 g/mol. The molecule has 0 bridgehead atoms. The Labute approximate surface area is 129 Å². The molecule has 1 amide bonds. The van der Waals surface area contributed by atoms with Crippen LogP contribution < -0.4 is 10.9 Å². The molecule has 0 aliphatic rings. The molecule has 0 saturated carbocycles. The van der Waals surface area contributed by atoms with Crippen molar-refractivity contribution in [3.63, 3.8) is 0 Å². The van der Waals surface area contributed by atoms with E-state index in [2.05, 4.69) is 20.6 Å². The van der Waals surface area contributed by atoms with E-state index < -0.39 is 5.91 Å². The van der Waals surface area contributed by atoms with Crippen LogP contribution in [0.2, 0.25) is 0 Å². The highest BCUT2D eigenvalue weighted by Gasteiger charge is 2.17. The Morgan fingerprint density at radius 2 is 2.09 bits per heavy atom. The van der Waals surface area contributed by atoms with E-state index in [0.29, 0.717) is 22.4 Å². The highest BCUT2D eigenvalue weighted by molar-refractivity contribution is 7.13. The van der Waals surface area contributed by atoms with Crippen LogP contribution in [0.3, 0.4) is 0 Å². The summed E-state index contributed by atoms with van der Waals surface area (Å²) in [6.45, 7) is 2.41. The summed E-state index contributed by atoms with van der Waals surface area (Å²) in [7, 11) is 0.